The third-order valence-corrected chi connectivity index (χ3v) is 5.59. The standard InChI is InChI=1S/C26H33N7O/c27-16-22(18-33-24-9-13-30-14-10-24)25-11-15-31-17-21(25)2-1-12-32-23-6-3-20(4-7-23)5-8-26(29)34-19-28/h1-4,6-7,11,15-19,24,28-30,32H,5,8-10,12-14,27H2/b2-1+,22-16?,28-19?,29-26?,33-18?. The fourth-order valence-electron chi connectivity index (χ4n) is 3.69. The van der Waals surface area contributed by atoms with E-state index in [1.165, 1.54) is 0 Å². The van der Waals surface area contributed by atoms with Gasteiger partial charge in [0.25, 0.3) is 0 Å². The van der Waals surface area contributed by atoms with Crippen LogP contribution < -0.4 is 16.4 Å². The Balaban J connectivity index is 1.54. The molecule has 0 amide bonds. The lowest BCUT2D eigenvalue weighted by molar-refractivity contribution is 0.461. The van der Waals surface area contributed by atoms with E-state index in [9.17, 15) is 0 Å². The van der Waals surface area contributed by atoms with Crippen LogP contribution in [0.4, 0.5) is 5.69 Å². The number of pyridine rings is 1. The second kappa shape index (κ2) is 13.7. The van der Waals surface area contributed by atoms with Gasteiger partial charge in [-0.05, 0) is 61.7 Å². The summed E-state index contributed by atoms with van der Waals surface area (Å²) in [5.74, 6) is 0.0994. The lowest BCUT2D eigenvalue weighted by atomic mass is 10.0. The predicted octanol–water partition coefficient (Wildman–Crippen LogP) is 3.86. The van der Waals surface area contributed by atoms with Gasteiger partial charge in [0.1, 0.15) is 0 Å². The second-order valence-corrected chi connectivity index (χ2v) is 7.98. The van der Waals surface area contributed by atoms with Gasteiger partial charge in [-0.3, -0.25) is 20.8 Å². The minimum absolute atomic E-state index is 0.0994. The third kappa shape index (κ3) is 7.97. The van der Waals surface area contributed by atoms with Gasteiger partial charge in [0, 0.05) is 54.6 Å². The Morgan fingerprint density at radius 1 is 1.24 bits per heavy atom. The first-order valence-electron chi connectivity index (χ1n) is 11.5. The number of nitrogens with two attached hydrogens (primary N) is 1. The Morgan fingerprint density at radius 3 is 2.76 bits per heavy atom. The van der Waals surface area contributed by atoms with Crippen LogP contribution >= 0.6 is 0 Å². The summed E-state index contributed by atoms with van der Waals surface area (Å²) in [4.78, 5) is 9.02. The van der Waals surface area contributed by atoms with Crippen molar-refractivity contribution >= 4 is 35.8 Å². The van der Waals surface area contributed by atoms with Gasteiger partial charge in [-0.1, -0.05) is 24.3 Å². The maximum absolute atomic E-state index is 7.57. The van der Waals surface area contributed by atoms with Gasteiger partial charge < -0.3 is 21.1 Å². The van der Waals surface area contributed by atoms with Crippen LogP contribution in [0.5, 0.6) is 0 Å². The normalized spacial score (nSPS) is 15.0. The molecule has 2 aromatic rings. The zero-order valence-electron chi connectivity index (χ0n) is 19.3. The summed E-state index contributed by atoms with van der Waals surface area (Å²) in [6.07, 6.45) is 15.3. The number of aromatic nitrogens is 1. The average molecular weight is 460 g/mol. The van der Waals surface area contributed by atoms with E-state index in [1.54, 1.807) is 12.4 Å². The Labute approximate surface area is 201 Å². The first-order valence-corrected chi connectivity index (χ1v) is 11.5. The lowest BCUT2D eigenvalue weighted by Gasteiger charge is -2.18. The molecule has 2 heterocycles. The Morgan fingerprint density at radius 2 is 2.03 bits per heavy atom. The summed E-state index contributed by atoms with van der Waals surface area (Å²) in [5, 5.41) is 21.2. The van der Waals surface area contributed by atoms with Gasteiger partial charge in [-0.25, -0.2) is 0 Å². The number of hydrogen-bond donors (Lipinski definition) is 5. The number of piperidine rings is 1. The van der Waals surface area contributed by atoms with E-state index in [2.05, 4.69) is 21.7 Å². The van der Waals surface area contributed by atoms with Gasteiger partial charge in [0.15, 0.2) is 12.3 Å². The molecule has 178 valence electrons. The fourth-order valence-corrected chi connectivity index (χ4v) is 3.69. The molecule has 3 rings (SSSR count). The minimum atomic E-state index is 0.0994. The number of ether oxygens (including phenoxy) is 1. The zero-order valence-corrected chi connectivity index (χ0v) is 19.3. The molecule has 1 aromatic carbocycles. The molecule has 0 aliphatic carbocycles. The maximum Gasteiger partial charge on any atom is 0.189 e. The number of nitrogens with one attached hydrogen (secondary N) is 4. The molecule has 8 nitrogen and oxygen atoms in total. The molecule has 1 saturated heterocycles. The first-order chi connectivity index (χ1) is 16.7. The molecular formula is C26H33N7O. The molecule has 0 bridgehead atoms. The summed E-state index contributed by atoms with van der Waals surface area (Å²) >= 11 is 0. The molecular weight excluding hydrogens is 426 g/mol. The van der Waals surface area contributed by atoms with Crippen molar-refractivity contribution in [3.63, 3.8) is 0 Å². The fraction of sp³-hybridized carbons (Fsp3) is 0.308. The largest absolute Gasteiger partial charge is 0.433 e. The third-order valence-electron chi connectivity index (χ3n) is 5.59. The van der Waals surface area contributed by atoms with Crippen molar-refractivity contribution in [1.29, 1.82) is 10.8 Å². The van der Waals surface area contributed by atoms with Gasteiger partial charge in [-0.15, -0.1) is 0 Å². The number of allylic oxidation sites excluding steroid dienone is 1. The van der Waals surface area contributed by atoms with Gasteiger partial charge in [0.2, 0.25) is 0 Å². The molecule has 0 radical (unpaired) electrons. The van der Waals surface area contributed by atoms with Crippen molar-refractivity contribution in [2.45, 2.75) is 31.7 Å². The summed E-state index contributed by atoms with van der Waals surface area (Å²) in [6.45, 7) is 2.68. The summed E-state index contributed by atoms with van der Waals surface area (Å²) in [5.41, 5.74) is 11.0. The van der Waals surface area contributed by atoms with Crippen LogP contribution in [-0.2, 0) is 11.2 Å². The molecule has 0 unspecified atom stereocenters. The second-order valence-electron chi connectivity index (χ2n) is 7.98. The lowest BCUT2D eigenvalue weighted by Crippen LogP contribution is -2.29. The van der Waals surface area contributed by atoms with Gasteiger partial charge >= 0.3 is 0 Å². The molecule has 1 fully saturated rings. The molecule has 6 N–H and O–H groups in total. The quantitative estimate of drug-likeness (QED) is 0.257. The van der Waals surface area contributed by atoms with Crippen molar-refractivity contribution < 1.29 is 4.74 Å². The molecule has 1 aromatic heterocycles. The maximum atomic E-state index is 7.57. The van der Waals surface area contributed by atoms with E-state index in [-0.39, 0.29) is 5.90 Å². The number of benzene rings is 1. The molecule has 8 heteroatoms. The van der Waals surface area contributed by atoms with Crippen LogP contribution in [0.3, 0.4) is 0 Å². The van der Waals surface area contributed by atoms with Crippen LogP contribution in [0.25, 0.3) is 11.6 Å². The monoisotopic (exact) mass is 459 g/mol. The molecule has 0 spiro atoms. The summed E-state index contributed by atoms with van der Waals surface area (Å²) in [6, 6.07) is 10.4. The number of anilines is 1. The van der Waals surface area contributed by atoms with E-state index < -0.39 is 0 Å². The van der Waals surface area contributed by atoms with Crippen molar-refractivity contribution in [2.75, 3.05) is 25.0 Å². The number of nitrogens with zero attached hydrogens (tertiary/aromatic N) is 2. The predicted molar refractivity (Wildman–Crippen MR) is 141 cm³/mol. The average Bonchev–Trinajstić information content (AvgIpc) is 2.88. The summed E-state index contributed by atoms with van der Waals surface area (Å²) < 4.78 is 4.74. The Bertz CT molecular complexity index is 1020. The topological polar surface area (TPSA) is 132 Å². The van der Waals surface area contributed by atoms with E-state index in [0.717, 1.165) is 60.3 Å². The highest BCUT2D eigenvalue weighted by atomic mass is 16.5. The van der Waals surface area contributed by atoms with Crippen molar-refractivity contribution in [3.05, 3.63) is 71.7 Å². The Hall–Kier alpha value is -3.78. The van der Waals surface area contributed by atoms with Crippen LogP contribution in [0.1, 0.15) is 36.0 Å². The van der Waals surface area contributed by atoms with Crippen LogP contribution in [-0.4, -0.2) is 49.2 Å². The number of aliphatic imine (C=N–C) groups is 1. The van der Waals surface area contributed by atoms with Crippen molar-refractivity contribution in [1.82, 2.24) is 10.3 Å². The Kier molecular flexibility index (Phi) is 10.0. The van der Waals surface area contributed by atoms with Gasteiger partial charge in [-0.2, -0.15) is 0 Å². The van der Waals surface area contributed by atoms with E-state index in [1.807, 2.05) is 48.8 Å². The molecule has 0 saturated carbocycles. The van der Waals surface area contributed by atoms with E-state index in [4.69, 9.17) is 26.3 Å². The van der Waals surface area contributed by atoms with Gasteiger partial charge in [0.05, 0.1) is 6.04 Å². The smallest absolute Gasteiger partial charge is 0.189 e. The first kappa shape index (κ1) is 24.9. The number of rotatable bonds is 11. The van der Waals surface area contributed by atoms with Crippen molar-refractivity contribution in [2.24, 2.45) is 10.7 Å². The minimum Gasteiger partial charge on any atom is -0.433 e. The van der Waals surface area contributed by atoms with E-state index in [0.29, 0.717) is 25.4 Å². The van der Waals surface area contributed by atoms with Crippen LogP contribution in [0.2, 0.25) is 0 Å². The highest BCUT2D eigenvalue weighted by Crippen LogP contribution is 2.19. The highest BCUT2D eigenvalue weighted by molar-refractivity contribution is 6.10. The number of hydrogen-bond acceptors (Lipinski definition) is 8. The molecule has 1 aliphatic rings. The molecule has 34 heavy (non-hydrogen) atoms. The van der Waals surface area contributed by atoms with E-state index >= 15 is 0 Å². The number of aryl methyl sites for hydroxylation is 1. The highest BCUT2D eigenvalue weighted by Gasteiger charge is 2.11. The van der Waals surface area contributed by atoms with Crippen LogP contribution in [0, 0.1) is 10.8 Å². The SMILES string of the molecule is N=COC(=N)CCc1ccc(NC/C=C/c2cnccc2C(C=NC2CCNCC2)=CN)cc1. The molecule has 0 atom stereocenters. The van der Waals surface area contributed by atoms with Crippen LogP contribution in [0.15, 0.2) is 60.0 Å². The molecule has 1 aliphatic heterocycles. The zero-order chi connectivity index (χ0) is 24.0. The summed E-state index contributed by atoms with van der Waals surface area (Å²) in [7, 11) is 0. The van der Waals surface area contributed by atoms with Crippen molar-refractivity contribution in [3.8, 4) is 0 Å².